The van der Waals surface area contributed by atoms with Crippen molar-refractivity contribution in [3.8, 4) is 0 Å². The van der Waals surface area contributed by atoms with Crippen molar-refractivity contribution in [2.75, 3.05) is 18.4 Å². The van der Waals surface area contributed by atoms with E-state index in [2.05, 4.69) is 11.9 Å². The Labute approximate surface area is 121 Å². The molecule has 1 aliphatic heterocycles. The van der Waals surface area contributed by atoms with E-state index in [9.17, 15) is 14.7 Å². The Bertz CT molecular complexity index is 610. The smallest absolute Gasteiger partial charge is 0.289 e. The summed E-state index contributed by atoms with van der Waals surface area (Å²) in [6.07, 6.45) is 1.53. The van der Waals surface area contributed by atoms with Crippen molar-refractivity contribution in [2.45, 2.75) is 0 Å². The van der Waals surface area contributed by atoms with E-state index in [1.807, 2.05) is 0 Å². The van der Waals surface area contributed by atoms with Crippen LogP contribution in [0.4, 0.5) is 5.69 Å². The van der Waals surface area contributed by atoms with E-state index in [-0.39, 0.29) is 18.7 Å². The van der Waals surface area contributed by atoms with Crippen molar-refractivity contribution < 1.29 is 14.7 Å². The van der Waals surface area contributed by atoms with Crippen LogP contribution in [-0.4, -0.2) is 34.9 Å². The molecule has 1 aromatic carbocycles. The fraction of sp³-hybridized carbons (Fsp3) is 0.143. The van der Waals surface area contributed by atoms with Crippen molar-refractivity contribution in [3.05, 3.63) is 53.3 Å². The van der Waals surface area contributed by atoms with Gasteiger partial charge in [0.25, 0.3) is 11.8 Å². The van der Waals surface area contributed by atoms with Crippen LogP contribution in [0.5, 0.6) is 0 Å². The van der Waals surface area contributed by atoms with Gasteiger partial charge in [0.15, 0.2) is 5.76 Å². The van der Waals surface area contributed by atoms with Crippen molar-refractivity contribution in [1.82, 2.24) is 4.90 Å². The summed E-state index contributed by atoms with van der Waals surface area (Å²) in [6, 6.07) is 6.73. The van der Waals surface area contributed by atoms with Gasteiger partial charge in [-0.3, -0.25) is 9.59 Å². The van der Waals surface area contributed by atoms with Gasteiger partial charge in [-0.1, -0.05) is 29.8 Å². The second-order valence-electron chi connectivity index (χ2n) is 4.24. The molecule has 2 amide bonds. The number of para-hydroxylation sites is 1. The van der Waals surface area contributed by atoms with Gasteiger partial charge in [0.1, 0.15) is 0 Å². The van der Waals surface area contributed by atoms with Gasteiger partial charge in [-0.15, -0.1) is 6.58 Å². The number of hydrogen-bond donors (Lipinski definition) is 2. The Morgan fingerprint density at radius 3 is 2.85 bits per heavy atom. The topological polar surface area (TPSA) is 69.6 Å². The van der Waals surface area contributed by atoms with Gasteiger partial charge in [-0.2, -0.15) is 0 Å². The first-order valence-corrected chi connectivity index (χ1v) is 6.30. The molecule has 104 valence electrons. The lowest BCUT2D eigenvalue weighted by atomic mass is 10.2. The molecule has 0 saturated heterocycles. The van der Waals surface area contributed by atoms with E-state index >= 15 is 0 Å². The summed E-state index contributed by atoms with van der Waals surface area (Å²) in [4.78, 5) is 25.1. The minimum Gasteiger partial charge on any atom is -0.503 e. The van der Waals surface area contributed by atoms with Crippen molar-refractivity contribution in [3.63, 3.8) is 0 Å². The van der Waals surface area contributed by atoms with Crippen LogP contribution in [-0.2, 0) is 9.59 Å². The highest BCUT2D eigenvalue weighted by atomic mass is 35.5. The highest BCUT2D eigenvalue weighted by Crippen LogP contribution is 2.23. The van der Waals surface area contributed by atoms with E-state index in [0.717, 1.165) is 0 Å². The molecule has 1 aliphatic rings. The molecular formula is C14H13ClN2O3. The number of anilines is 1. The van der Waals surface area contributed by atoms with Crippen LogP contribution in [0, 0.1) is 0 Å². The van der Waals surface area contributed by atoms with E-state index in [1.165, 1.54) is 11.0 Å². The van der Waals surface area contributed by atoms with Gasteiger partial charge in [-0.05, 0) is 12.1 Å². The largest absolute Gasteiger partial charge is 0.503 e. The number of nitrogens with zero attached hydrogens (tertiary/aromatic N) is 1. The lowest BCUT2D eigenvalue weighted by Gasteiger charge is -2.13. The lowest BCUT2D eigenvalue weighted by Crippen LogP contribution is -2.28. The molecule has 0 atom stereocenters. The average molecular weight is 293 g/mol. The molecule has 6 heteroatoms. The zero-order valence-electron chi connectivity index (χ0n) is 10.6. The summed E-state index contributed by atoms with van der Waals surface area (Å²) in [6.45, 7) is 3.84. The molecule has 0 saturated carbocycles. The number of carbonyl (C=O) groups excluding carboxylic acids is 2. The Hall–Kier alpha value is -2.27. The molecule has 0 aliphatic carbocycles. The Kier molecular flexibility index (Phi) is 4.10. The van der Waals surface area contributed by atoms with Crippen LogP contribution in [0.25, 0.3) is 0 Å². The van der Waals surface area contributed by atoms with Gasteiger partial charge in [0.05, 0.1) is 22.8 Å². The number of halogens is 1. The molecule has 0 fully saturated rings. The molecule has 0 radical (unpaired) electrons. The van der Waals surface area contributed by atoms with E-state index < -0.39 is 17.6 Å². The lowest BCUT2D eigenvalue weighted by molar-refractivity contribution is -0.127. The summed E-state index contributed by atoms with van der Waals surface area (Å²) in [5.74, 6) is -1.65. The summed E-state index contributed by atoms with van der Waals surface area (Å²) < 4.78 is 0. The van der Waals surface area contributed by atoms with Gasteiger partial charge in [0.2, 0.25) is 0 Å². The van der Waals surface area contributed by atoms with Gasteiger partial charge < -0.3 is 15.3 Å². The molecule has 1 aromatic rings. The Morgan fingerprint density at radius 1 is 1.50 bits per heavy atom. The number of carbonyl (C=O) groups is 2. The Balaban J connectivity index is 2.16. The third-order valence-corrected chi connectivity index (χ3v) is 3.20. The van der Waals surface area contributed by atoms with Crippen LogP contribution >= 0.6 is 11.6 Å². The molecule has 0 aromatic heterocycles. The quantitative estimate of drug-likeness (QED) is 0.835. The average Bonchev–Trinajstić information content (AvgIpc) is 2.70. The maximum atomic E-state index is 12.1. The molecule has 0 unspecified atom stereocenters. The minimum atomic E-state index is -0.575. The summed E-state index contributed by atoms with van der Waals surface area (Å²) in [5.41, 5.74) is 0.450. The first-order valence-electron chi connectivity index (χ1n) is 5.92. The fourth-order valence-corrected chi connectivity index (χ4v) is 2.04. The van der Waals surface area contributed by atoms with Crippen LogP contribution in [0.3, 0.4) is 0 Å². The monoisotopic (exact) mass is 292 g/mol. The predicted molar refractivity (Wildman–Crippen MR) is 76.5 cm³/mol. The highest BCUT2D eigenvalue weighted by Gasteiger charge is 2.33. The summed E-state index contributed by atoms with van der Waals surface area (Å²) >= 11 is 5.93. The molecule has 5 nitrogen and oxygen atoms in total. The minimum absolute atomic E-state index is 0.0248. The predicted octanol–water partition coefficient (Wildman–Crippen LogP) is 2.12. The molecule has 0 spiro atoms. The fourth-order valence-electron chi connectivity index (χ4n) is 1.86. The number of hydrogen-bond acceptors (Lipinski definition) is 3. The second-order valence-corrected chi connectivity index (χ2v) is 4.64. The SMILES string of the molecule is C=CCN1CC(C(=O)Nc2ccccc2Cl)=C(O)C1=O. The zero-order valence-corrected chi connectivity index (χ0v) is 11.4. The molecule has 2 N–H and O–H groups in total. The highest BCUT2D eigenvalue weighted by molar-refractivity contribution is 6.34. The van der Waals surface area contributed by atoms with Gasteiger partial charge in [-0.25, -0.2) is 0 Å². The number of nitrogens with one attached hydrogen (secondary N) is 1. The molecule has 0 bridgehead atoms. The normalized spacial score (nSPS) is 14.7. The number of amides is 2. The van der Waals surface area contributed by atoms with Crippen LogP contribution in [0.15, 0.2) is 48.3 Å². The molecular weight excluding hydrogens is 280 g/mol. The summed E-state index contributed by atoms with van der Waals surface area (Å²) in [7, 11) is 0. The number of aliphatic hydroxyl groups excluding tert-OH is 1. The molecule has 2 rings (SSSR count). The zero-order chi connectivity index (χ0) is 14.7. The molecule has 1 heterocycles. The Morgan fingerprint density at radius 2 is 2.20 bits per heavy atom. The molecule has 20 heavy (non-hydrogen) atoms. The van der Waals surface area contributed by atoms with E-state index in [1.54, 1.807) is 24.3 Å². The van der Waals surface area contributed by atoms with E-state index in [4.69, 9.17) is 11.6 Å². The van der Waals surface area contributed by atoms with Gasteiger partial charge in [0, 0.05) is 6.54 Å². The number of aliphatic hydroxyl groups is 1. The van der Waals surface area contributed by atoms with Crippen LogP contribution in [0.2, 0.25) is 5.02 Å². The summed E-state index contributed by atoms with van der Waals surface area (Å²) in [5, 5.41) is 12.7. The van der Waals surface area contributed by atoms with Gasteiger partial charge >= 0.3 is 0 Å². The first-order chi connectivity index (χ1) is 9.54. The number of rotatable bonds is 4. The van der Waals surface area contributed by atoms with Crippen LogP contribution < -0.4 is 5.32 Å². The third kappa shape index (κ3) is 2.67. The third-order valence-electron chi connectivity index (χ3n) is 2.87. The standard InChI is InChI=1S/C14H13ClN2O3/c1-2-7-17-8-9(12(18)14(17)20)13(19)16-11-6-4-3-5-10(11)15/h2-6,18H,1,7-8H2,(H,16,19). The van der Waals surface area contributed by atoms with Crippen molar-refractivity contribution in [1.29, 1.82) is 0 Å². The van der Waals surface area contributed by atoms with Crippen LogP contribution in [0.1, 0.15) is 0 Å². The van der Waals surface area contributed by atoms with E-state index in [0.29, 0.717) is 10.7 Å². The van der Waals surface area contributed by atoms with Crippen molar-refractivity contribution in [2.24, 2.45) is 0 Å². The number of benzene rings is 1. The van der Waals surface area contributed by atoms with Crippen molar-refractivity contribution >= 4 is 29.1 Å². The first kappa shape index (κ1) is 14.1. The second kappa shape index (κ2) is 5.79. The maximum Gasteiger partial charge on any atom is 0.289 e. The maximum absolute atomic E-state index is 12.1.